The molecular formula is C24H24N6O4. The second-order valence-corrected chi connectivity index (χ2v) is 7.56. The van der Waals surface area contributed by atoms with Crippen molar-refractivity contribution in [3.8, 4) is 28.6 Å². The number of pyridine rings is 2. The number of amides is 1. The standard InChI is InChI=1S/C24H24N6O4/c1-14(2)27-23-26-13-18(22(30-23)32-3)20-7-5-15-11-16(6-8-19(15)28-20)34-17-9-10-25-21(12-17)29-24(31)33-4/h5-14H,1-4H3,(H,25,29,31)(H,26,27,30). The first-order chi connectivity index (χ1) is 16.4. The Bertz CT molecular complexity index is 1330. The van der Waals surface area contributed by atoms with E-state index >= 15 is 0 Å². The first-order valence-electron chi connectivity index (χ1n) is 10.5. The highest BCUT2D eigenvalue weighted by molar-refractivity contribution is 5.84. The lowest BCUT2D eigenvalue weighted by Crippen LogP contribution is -2.13. The van der Waals surface area contributed by atoms with Gasteiger partial charge >= 0.3 is 6.09 Å². The maximum atomic E-state index is 11.4. The second kappa shape index (κ2) is 9.99. The summed E-state index contributed by atoms with van der Waals surface area (Å²) in [5.41, 5.74) is 2.17. The van der Waals surface area contributed by atoms with Crippen LogP contribution < -0.4 is 20.1 Å². The predicted molar refractivity (Wildman–Crippen MR) is 128 cm³/mol. The Balaban J connectivity index is 1.57. The first-order valence-corrected chi connectivity index (χ1v) is 10.5. The van der Waals surface area contributed by atoms with E-state index in [-0.39, 0.29) is 6.04 Å². The molecule has 0 atom stereocenters. The van der Waals surface area contributed by atoms with Crippen molar-refractivity contribution in [1.82, 2.24) is 19.9 Å². The molecule has 0 spiro atoms. The highest BCUT2D eigenvalue weighted by Crippen LogP contribution is 2.31. The monoisotopic (exact) mass is 460 g/mol. The van der Waals surface area contributed by atoms with Crippen molar-refractivity contribution in [3.63, 3.8) is 0 Å². The molecule has 174 valence electrons. The summed E-state index contributed by atoms with van der Waals surface area (Å²) < 4.78 is 16.0. The number of carbonyl (C=O) groups excluding carboxylic acids is 1. The van der Waals surface area contributed by atoms with Crippen molar-refractivity contribution in [3.05, 3.63) is 54.9 Å². The minimum Gasteiger partial charge on any atom is -0.480 e. The van der Waals surface area contributed by atoms with Gasteiger partial charge in [-0.1, -0.05) is 6.07 Å². The molecule has 34 heavy (non-hydrogen) atoms. The number of hydrogen-bond donors (Lipinski definition) is 2. The molecule has 0 bridgehead atoms. The van der Waals surface area contributed by atoms with Crippen molar-refractivity contribution in [1.29, 1.82) is 0 Å². The number of nitrogens with one attached hydrogen (secondary N) is 2. The lowest BCUT2D eigenvalue weighted by atomic mass is 10.1. The molecule has 0 unspecified atom stereocenters. The number of benzene rings is 1. The summed E-state index contributed by atoms with van der Waals surface area (Å²) in [6.07, 6.45) is 2.63. The third-order valence-corrected chi connectivity index (χ3v) is 4.68. The van der Waals surface area contributed by atoms with Crippen LogP contribution in [0.4, 0.5) is 16.6 Å². The van der Waals surface area contributed by atoms with Gasteiger partial charge in [0, 0.05) is 29.9 Å². The van der Waals surface area contributed by atoms with E-state index < -0.39 is 6.09 Å². The molecule has 10 nitrogen and oxygen atoms in total. The Morgan fingerprint density at radius 3 is 2.56 bits per heavy atom. The Morgan fingerprint density at radius 2 is 1.79 bits per heavy atom. The summed E-state index contributed by atoms with van der Waals surface area (Å²) in [4.78, 5) is 29.0. The zero-order valence-corrected chi connectivity index (χ0v) is 19.2. The Hall–Kier alpha value is -4.47. The van der Waals surface area contributed by atoms with Gasteiger partial charge in [0.1, 0.15) is 17.3 Å². The molecule has 10 heteroatoms. The van der Waals surface area contributed by atoms with Gasteiger partial charge in [0.05, 0.1) is 31.0 Å². The fourth-order valence-electron chi connectivity index (χ4n) is 3.18. The minimum atomic E-state index is -0.606. The van der Waals surface area contributed by atoms with Gasteiger partial charge in [-0.2, -0.15) is 4.98 Å². The number of fused-ring (bicyclic) bond motifs is 1. The van der Waals surface area contributed by atoms with Crippen LogP contribution in [0.25, 0.3) is 22.2 Å². The highest BCUT2D eigenvalue weighted by Gasteiger charge is 2.13. The summed E-state index contributed by atoms with van der Waals surface area (Å²) in [5.74, 6) is 2.39. The predicted octanol–water partition coefficient (Wildman–Crippen LogP) is 4.89. The number of carbonyl (C=O) groups is 1. The fraction of sp³-hybridized carbons (Fsp3) is 0.208. The zero-order valence-electron chi connectivity index (χ0n) is 19.2. The topological polar surface area (TPSA) is 120 Å². The fourth-order valence-corrected chi connectivity index (χ4v) is 3.18. The van der Waals surface area contributed by atoms with E-state index in [1.807, 2.05) is 44.2 Å². The molecule has 0 aliphatic rings. The Labute approximate surface area is 196 Å². The number of ether oxygens (including phenoxy) is 3. The normalized spacial score (nSPS) is 10.7. The number of rotatable bonds is 7. The second-order valence-electron chi connectivity index (χ2n) is 7.56. The molecule has 0 saturated carbocycles. The average molecular weight is 460 g/mol. The largest absolute Gasteiger partial charge is 0.480 e. The maximum absolute atomic E-state index is 11.4. The number of aromatic nitrogens is 4. The van der Waals surface area contributed by atoms with Gasteiger partial charge in [-0.25, -0.2) is 19.7 Å². The first kappa shape index (κ1) is 22.7. The number of nitrogens with zero attached hydrogens (tertiary/aromatic N) is 4. The lowest BCUT2D eigenvalue weighted by molar-refractivity contribution is 0.187. The number of anilines is 2. The van der Waals surface area contributed by atoms with Gasteiger partial charge in [0.15, 0.2) is 0 Å². The van der Waals surface area contributed by atoms with Crippen molar-refractivity contribution < 1.29 is 19.0 Å². The molecule has 0 fully saturated rings. The maximum Gasteiger partial charge on any atom is 0.412 e. The van der Waals surface area contributed by atoms with E-state index in [1.54, 1.807) is 25.4 Å². The molecule has 3 heterocycles. The smallest absolute Gasteiger partial charge is 0.412 e. The van der Waals surface area contributed by atoms with Crippen molar-refractivity contribution >= 4 is 28.8 Å². The summed E-state index contributed by atoms with van der Waals surface area (Å²) >= 11 is 0. The van der Waals surface area contributed by atoms with Crippen LogP contribution in [0.5, 0.6) is 17.4 Å². The summed E-state index contributed by atoms with van der Waals surface area (Å²) in [7, 11) is 2.85. The van der Waals surface area contributed by atoms with Crippen LogP contribution >= 0.6 is 0 Å². The third kappa shape index (κ3) is 5.29. The molecular weight excluding hydrogens is 436 g/mol. The van der Waals surface area contributed by atoms with Crippen molar-refractivity contribution in [2.45, 2.75) is 19.9 Å². The van der Waals surface area contributed by atoms with Crippen LogP contribution in [-0.4, -0.2) is 46.3 Å². The zero-order chi connectivity index (χ0) is 24.1. The quantitative estimate of drug-likeness (QED) is 0.397. The molecule has 1 amide bonds. The molecule has 0 aliphatic carbocycles. The van der Waals surface area contributed by atoms with Crippen LogP contribution in [0.2, 0.25) is 0 Å². The van der Waals surface area contributed by atoms with Crippen molar-refractivity contribution in [2.24, 2.45) is 0 Å². The van der Waals surface area contributed by atoms with Gasteiger partial charge in [0.2, 0.25) is 11.8 Å². The highest BCUT2D eigenvalue weighted by atomic mass is 16.5. The van der Waals surface area contributed by atoms with Gasteiger partial charge in [-0.15, -0.1) is 0 Å². The molecule has 4 rings (SSSR count). The molecule has 1 aromatic carbocycles. The average Bonchev–Trinajstić information content (AvgIpc) is 2.83. The summed E-state index contributed by atoms with van der Waals surface area (Å²) in [5, 5.41) is 6.56. The number of methoxy groups -OCH3 is 2. The molecule has 0 aliphatic heterocycles. The van der Waals surface area contributed by atoms with Crippen LogP contribution in [0.3, 0.4) is 0 Å². The molecule has 0 radical (unpaired) electrons. The van der Waals surface area contributed by atoms with Crippen LogP contribution in [-0.2, 0) is 4.74 Å². The summed E-state index contributed by atoms with van der Waals surface area (Å²) in [6.45, 7) is 4.03. The van der Waals surface area contributed by atoms with Crippen LogP contribution in [0.1, 0.15) is 13.8 Å². The lowest BCUT2D eigenvalue weighted by Gasteiger charge is -2.12. The van der Waals surface area contributed by atoms with Crippen LogP contribution in [0, 0.1) is 0 Å². The van der Waals surface area contributed by atoms with E-state index in [2.05, 4.69) is 30.3 Å². The molecule has 4 aromatic rings. The molecule has 3 aromatic heterocycles. The number of hydrogen-bond acceptors (Lipinski definition) is 9. The van der Waals surface area contributed by atoms with Crippen LogP contribution in [0.15, 0.2) is 54.9 Å². The van der Waals surface area contributed by atoms with E-state index in [0.717, 1.165) is 10.9 Å². The van der Waals surface area contributed by atoms with Gasteiger partial charge < -0.3 is 19.5 Å². The van der Waals surface area contributed by atoms with Gasteiger partial charge in [0.25, 0.3) is 0 Å². The van der Waals surface area contributed by atoms with E-state index in [0.29, 0.717) is 40.4 Å². The van der Waals surface area contributed by atoms with Crippen molar-refractivity contribution in [2.75, 3.05) is 24.9 Å². The van der Waals surface area contributed by atoms with E-state index in [9.17, 15) is 4.79 Å². The molecule has 0 saturated heterocycles. The summed E-state index contributed by atoms with van der Waals surface area (Å²) in [6, 6.07) is 12.9. The minimum absolute atomic E-state index is 0.202. The SMILES string of the molecule is COC(=O)Nc1cc(Oc2ccc3nc(-c4cnc(NC(C)C)nc4OC)ccc3c2)ccn1. The van der Waals surface area contributed by atoms with E-state index in [1.165, 1.54) is 13.3 Å². The molecule has 2 N–H and O–H groups in total. The third-order valence-electron chi connectivity index (χ3n) is 4.68. The Morgan fingerprint density at radius 1 is 0.971 bits per heavy atom. The van der Waals surface area contributed by atoms with E-state index in [4.69, 9.17) is 14.5 Å². The Kier molecular flexibility index (Phi) is 6.67. The van der Waals surface area contributed by atoms with Gasteiger partial charge in [-0.3, -0.25) is 5.32 Å². The van der Waals surface area contributed by atoms with Gasteiger partial charge in [-0.05, 0) is 44.2 Å².